The largest absolute Gasteiger partial charge is 0.465 e. The van der Waals surface area contributed by atoms with Crippen molar-refractivity contribution >= 4 is 6.09 Å². The summed E-state index contributed by atoms with van der Waals surface area (Å²) < 4.78 is 22.8. The second kappa shape index (κ2) is 7.97. The van der Waals surface area contributed by atoms with Crippen LogP contribution >= 0.6 is 0 Å². The third kappa shape index (κ3) is 5.10. The third-order valence-corrected chi connectivity index (χ3v) is 5.66. The summed E-state index contributed by atoms with van der Waals surface area (Å²) in [6.07, 6.45) is 2.90. The van der Waals surface area contributed by atoms with E-state index in [0.29, 0.717) is 0 Å². The minimum atomic E-state index is -0.592. The second-order valence-electron chi connectivity index (χ2n) is 8.74. The highest BCUT2D eigenvalue weighted by Crippen LogP contribution is 2.35. The van der Waals surface area contributed by atoms with Crippen LogP contribution in [0.2, 0.25) is 0 Å². The summed E-state index contributed by atoms with van der Waals surface area (Å²) >= 11 is 0. The minimum absolute atomic E-state index is 0.129. The van der Waals surface area contributed by atoms with Gasteiger partial charge < -0.3 is 24.3 Å². The summed E-state index contributed by atoms with van der Waals surface area (Å²) in [5, 5.41) is 3.05. The Labute approximate surface area is 171 Å². The Hall–Kier alpha value is -2.09. The molecule has 7 nitrogen and oxygen atoms in total. The van der Waals surface area contributed by atoms with E-state index in [2.05, 4.69) is 17.1 Å². The highest BCUT2D eigenvalue weighted by Gasteiger charge is 2.45. The number of hydrogen-bond acceptors (Lipinski definition) is 6. The molecule has 3 heterocycles. The van der Waals surface area contributed by atoms with Crippen LogP contribution in [-0.2, 0) is 25.6 Å². The maximum absolute atomic E-state index is 12.2. The standard InChI is InChI=1S/C22H30N2O5/c1-21(2)28-18-13-17(27-19(18)29-21)14-24-11-9-22(3,10-12-24)23-20(25)26-15-16-7-5-4-6-8-16/h4-8,13,18-19H,9-12,14-15H2,1-3H3,(H,23,25)/t18-,19-/m1/s1. The molecule has 0 saturated carbocycles. The zero-order valence-electron chi connectivity index (χ0n) is 17.3. The Balaban J connectivity index is 1.20. The summed E-state index contributed by atoms with van der Waals surface area (Å²) in [5.41, 5.74) is 0.718. The SMILES string of the molecule is CC1(NC(=O)OCc2ccccc2)CCN(CC2=C[C@H]3OC(C)(C)O[C@H]3O2)CC1. The number of likely N-dealkylation sites (tertiary alicyclic amines) is 1. The number of amides is 1. The molecule has 1 N–H and O–H groups in total. The van der Waals surface area contributed by atoms with Gasteiger partial charge in [-0.2, -0.15) is 0 Å². The third-order valence-electron chi connectivity index (χ3n) is 5.66. The van der Waals surface area contributed by atoms with E-state index in [9.17, 15) is 4.79 Å². The summed E-state index contributed by atoms with van der Waals surface area (Å²) in [5.74, 6) is 0.305. The molecular weight excluding hydrogens is 372 g/mol. The first-order valence-electron chi connectivity index (χ1n) is 10.2. The monoisotopic (exact) mass is 402 g/mol. The van der Waals surface area contributed by atoms with Gasteiger partial charge in [0, 0.05) is 18.6 Å². The number of rotatable bonds is 5. The van der Waals surface area contributed by atoms with E-state index < -0.39 is 5.79 Å². The number of alkyl carbamates (subject to hydrolysis) is 1. The van der Waals surface area contributed by atoms with E-state index in [0.717, 1.165) is 43.8 Å². The van der Waals surface area contributed by atoms with E-state index in [4.69, 9.17) is 18.9 Å². The number of piperidine rings is 1. The van der Waals surface area contributed by atoms with Gasteiger partial charge in [0.25, 0.3) is 0 Å². The summed E-state index contributed by atoms with van der Waals surface area (Å²) in [7, 11) is 0. The van der Waals surface area contributed by atoms with E-state index in [1.165, 1.54) is 0 Å². The van der Waals surface area contributed by atoms with Crippen LogP contribution in [0.4, 0.5) is 4.79 Å². The van der Waals surface area contributed by atoms with Gasteiger partial charge in [0.1, 0.15) is 18.5 Å². The number of hydrogen-bond donors (Lipinski definition) is 1. The molecule has 0 aliphatic carbocycles. The highest BCUT2D eigenvalue weighted by atomic mass is 16.8. The fraction of sp³-hybridized carbons (Fsp3) is 0.591. The van der Waals surface area contributed by atoms with Crippen molar-refractivity contribution in [3.8, 4) is 0 Å². The first-order valence-corrected chi connectivity index (χ1v) is 10.2. The molecule has 158 valence electrons. The smallest absolute Gasteiger partial charge is 0.407 e. The number of carbonyl (C=O) groups excluding carboxylic acids is 1. The van der Waals surface area contributed by atoms with Crippen molar-refractivity contribution in [3.05, 3.63) is 47.7 Å². The number of fused-ring (bicyclic) bond motifs is 1. The summed E-state index contributed by atoms with van der Waals surface area (Å²) in [6.45, 7) is 8.63. The van der Waals surface area contributed by atoms with E-state index in [1.807, 2.05) is 50.3 Å². The lowest BCUT2D eigenvalue weighted by molar-refractivity contribution is -0.182. The van der Waals surface area contributed by atoms with Crippen molar-refractivity contribution in [1.29, 1.82) is 0 Å². The van der Waals surface area contributed by atoms with Crippen LogP contribution in [0, 0.1) is 0 Å². The van der Waals surface area contributed by atoms with Gasteiger partial charge in [0.15, 0.2) is 5.79 Å². The van der Waals surface area contributed by atoms with Gasteiger partial charge in [-0.1, -0.05) is 30.3 Å². The highest BCUT2D eigenvalue weighted by molar-refractivity contribution is 5.68. The lowest BCUT2D eigenvalue weighted by Gasteiger charge is -2.39. The molecule has 29 heavy (non-hydrogen) atoms. The summed E-state index contributed by atoms with van der Waals surface area (Å²) in [4.78, 5) is 14.5. The molecule has 3 aliphatic heterocycles. The van der Waals surface area contributed by atoms with E-state index in [1.54, 1.807) is 0 Å². The molecule has 7 heteroatoms. The topological polar surface area (TPSA) is 69.3 Å². The zero-order chi connectivity index (χ0) is 20.5. The molecule has 1 aromatic carbocycles. The quantitative estimate of drug-likeness (QED) is 0.816. The van der Waals surface area contributed by atoms with Gasteiger partial charge in [-0.15, -0.1) is 0 Å². The van der Waals surface area contributed by atoms with Crippen LogP contribution in [-0.4, -0.2) is 54.3 Å². The predicted molar refractivity (Wildman–Crippen MR) is 107 cm³/mol. The van der Waals surface area contributed by atoms with Crippen LogP contribution in [0.5, 0.6) is 0 Å². The number of nitrogens with zero attached hydrogens (tertiary/aromatic N) is 1. The fourth-order valence-electron chi connectivity index (χ4n) is 3.98. The van der Waals surface area contributed by atoms with Gasteiger partial charge in [0.05, 0.1) is 6.54 Å². The van der Waals surface area contributed by atoms with Crippen molar-refractivity contribution in [2.24, 2.45) is 0 Å². The molecule has 3 aliphatic rings. The van der Waals surface area contributed by atoms with Crippen LogP contribution in [0.15, 0.2) is 42.2 Å². The number of carbonyl (C=O) groups is 1. The van der Waals surface area contributed by atoms with Crippen molar-refractivity contribution in [3.63, 3.8) is 0 Å². The van der Waals surface area contributed by atoms with Crippen LogP contribution < -0.4 is 5.32 Å². The Bertz CT molecular complexity index is 756. The Kier molecular flexibility index (Phi) is 5.55. The molecule has 2 atom stereocenters. The Morgan fingerprint density at radius 2 is 1.90 bits per heavy atom. The van der Waals surface area contributed by atoms with Gasteiger partial charge >= 0.3 is 6.09 Å². The molecule has 2 saturated heterocycles. The lowest BCUT2D eigenvalue weighted by atomic mass is 9.90. The molecule has 0 aromatic heterocycles. The molecule has 1 amide bonds. The normalized spacial score (nSPS) is 27.6. The average molecular weight is 402 g/mol. The Morgan fingerprint density at radius 1 is 1.17 bits per heavy atom. The van der Waals surface area contributed by atoms with Crippen molar-refractivity contribution < 1.29 is 23.7 Å². The van der Waals surface area contributed by atoms with Crippen LogP contribution in [0.25, 0.3) is 0 Å². The second-order valence-corrected chi connectivity index (χ2v) is 8.74. The van der Waals surface area contributed by atoms with Gasteiger partial charge in [-0.3, -0.25) is 4.90 Å². The maximum Gasteiger partial charge on any atom is 0.407 e. The first kappa shape index (κ1) is 20.2. The van der Waals surface area contributed by atoms with Crippen LogP contribution in [0.3, 0.4) is 0 Å². The molecule has 4 rings (SSSR count). The van der Waals surface area contributed by atoms with E-state index >= 15 is 0 Å². The average Bonchev–Trinajstić information content (AvgIpc) is 3.15. The number of ether oxygens (including phenoxy) is 4. The molecule has 0 spiro atoms. The van der Waals surface area contributed by atoms with Gasteiger partial charge in [-0.05, 0) is 45.3 Å². The first-order chi connectivity index (χ1) is 13.8. The number of benzene rings is 1. The minimum Gasteiger partial charge on any atom is -0.465 e. The molecule has 0 unspecified atom stereocenters. The van der Waals surface area contributed by atoms with Crippen molar-refractivity contribution in [1.82, 2.24) is 10.2 Å². The molecular formula is C22H30N2O5. The molecule has 0 bridgehead atoms. The molecule has 1 aromatic rings. The van der Waals surface area contributed by atoms with Crippen molar-refractivity contribution in [2.45, 2.75) is 63.9 Å². The Morgan fingerprint density at radius 3 is 2.59 bits per heavy atom. The molecule has 0 radical (unpaired) electrons. The lowest BCUT2D eigenvalue weighted by Crippen LogP contribution is -2.53. The predicted octanol–water partition coefficient (Wildman–Crippen LogP) is 3.16. The van der Waals surface area contributed by atoms with E-state index in [-0.39, 0.29) is 30.6 Å². The number of nitrogens with one attached hydrogen (secondary N) is 1. The molecule has 2 fully saturated rings. The van der Waals surface area contributed by atoms with Gasteiger partial charge in [0.2, 0.25) is 6.29 Å². The summed E-state index contributed by atoms with van der Waals surface area (Å²) in [6, 6.07) is 9.70. The zero-order valence-corrected chi connectivity index (χ0v) is 17.3. The van der Waals surface area contributed by atoms with Crippen LogP contribution in [0.1, 0.15) is 39.2 Å². The van der Waals surface area contributed by atoms with Crippen molar-refractivity contribution in [2.75, 3.05) is 19.6 Å². The maximum atomic E-state index is 12.2. The fourth-order valence-corrected chi connectivity index (χ4v) is 3.98. The van der Waals surface area contributed by atoms with Gasteiger partial charge in [-0.25, -0.2) is 4.79 Å².